The molecule has 2 unspecified atom stereocenters. The number of thioether (sulfide) groups is 1. The second-order valence-corrected chi connectivity index (χ2v) is 6.46. The van der Waals surface area contributed by atoms with Crippen molar-refractivity contribution in [1.29, 1.82) is 0 Å². The van der Waals surface area contributed by atoms with Crippen LogP contribution in [0, 0.1) is 0 Å². The van der Waals surface area contributed by atoms with Crippen molar-refractivity contribution >= 4 is 11.8 Å². The fraction of sp³-hybridized carbons (Fsp3) is 1.00. The summed E-state index contributed by atoms with van der Waals surface area (Å²) in [5, 5.41) is 0. The van der Waals surface area contributed by atoms with Gasteiger partial charge in [-0.3, -0.25) is 9.80 Å². The Bertz CT molecular complexity index is 222. The van der Waals surface area contributed by atoms with Gasteiger partial charge in [-0.1, -0.05) is 13.3 Å². The Balaban J connectivity index is 1.94. The second kappa shape index (κ2) is 7.01. The van der Waals surface area contributed by atoms with E-state index in [2.05, 4.69) is 23.0 Å². The van der Waals surface area contributed by atoms with Crippen molar-refractivity contribution in [2.45, 2.75) is 51.1 Å². The number of fused-ring (bicyclic) bond motifs is 1. The Morgan fingerprint density at radius 2 is 2.00 bits per heavy atom. The van der Waals surface area contributed by atoms with E-state index in [9.17, 15) is 0 Å². The van der Waals surface area contributed by atoms with Crippen molar-refractivity contribution in [3.8, 4) is 0 Å². The van der Waals surface area contributed by atoms with E-state index in [4.69, 9.17) is 0 Å². The van der Waals surface area contributed by atoms with Gasteiger partial charge in [-0.05, 0) is 51.6 Å². The topological polar surface area (TPSA) is 6.48 Å². The van der Waals surface area contributed by atoms with E-state index < -0.39 is 0 Å². The van der Waals surface area contributed by atoms with Gasteiger partial charge in [0.25, 0.3) is 0 Å². The van der Waals surface area contributed by atoms with E-state index >= 15 is 0 Å². The molecule has 0 aromatic heterocycles. The maximum atomic E-state index is 2.78. The number of nitrogens with zero attached hydrogens (tertiary/aromatic N) is 2. The Hall–Kier alpha value is 0.270. The number of hydrogen-bond acceptors (Lipinski definition) is 3. The van der Waals surface area contributed by atoms with Crippen LogP contribution in [-0.4, -0.2) is 60.1 Å². The summed E-state index contributed by atoms with van der Waals surface area (Å²) in [5.41, 5.74) is 0. The Morgan fingerprint density at radius 1 is 1.18 bits per heavy atom. The summed E-state index contributed by atoms with van der Waals surface area (Å²) in [7, 11) is 0. The van der Waals surface area contributed by atoms with Gasteiger partial charge in [0.05, 0.1) is 0 Å². The largest absolute Gasteiger partial charge is 0.299 e. The molecule has 3 heteroatoms. The SMILES string of the molecule is CCC(CSC)N1CCCN2CCCCC2C1. The van der Waals surface area contributed by atoms with Gasteiger partial charge >= 0.3 is 0 Å². The van der Waals surface area contributed by atoms with E-state index in [0.29, 0.717) is 0 Å². The second-order valence-electron chi connectivity index (χ2n) is 5.55. The highest BCUT2D eigenvalue weighted by molar-refractivity contribution is 7.98. The molecule has 0 aromatic carbocycles. The summed E-state index contributed by atoms with van der Waals surface area (Å²) in [5.74, 6) is 1.31. The average Bonchev–Trinajstić information content (AvgIpc) is 2.57. The number of rotatable bonds is 4. The standard InChI is InChI=1S/C14H28N2S/c1-3-13(12-17-2)16-10-6-9-15-8-5-4-7-14(15)11-16/h13-14H,3-12H2,1-2H3. The third-order valence-electron chi connectivity index (χ3n) is 4.43. The van der Waals surface area contributed by atoms with Gasteiger partial charge in [0, 0.05) is 24.4 Å². The Morgan fingerprint density at radius 3 is 2.76 bits per heavy atom. The van der Waals surface area contributed by atoms with Crippen LogP contribution in [0.2, 0.25) is 0 Å². The molecule has 100 valence electrons. The highest BCUT2D eigenvalue weighted by Gasteiger charge is 2.29. The quantitative estimate of drug-likeness (QED) is 0.763. The third-order valence-corrected chi connectivity index (χ3v) is 5.15. The first kappa shape index (κ1) is 13.7. The van der Waals surface area contributed by atoms with Crippen LogP contribution < -0.4 is 0 Å². The van der Waals surface area contributed by atoms with Crippen molar-refractivity contribution in [1.82, 2.24) is 9.80 Å². The number of hydrogen-bond donors (Lipinski definition) is 0. The highest BCUT2D eigenvalue weighted by Crippen LogP contribution is 2.23. The molecule has 2 aliphatic heterocycles. The predicted octanol–water partition coefficient (Wildman–Crippen LogP) is 2.69. The van der Waals surface area contributed by atoms with Crippen LogP contribution in [0.3, 0.4) is 0 Å². The first-order valence-corrected chi connectivity index (χ1v) is 8.71. The summed E-state index contributed by atoms with van der Waals surface area (Å²) < 4.78 is 0. The lowest BCUT2D eigenvalue weighted by atomic mass is 10.0. The molecule has 2 fully saturated rings. The molecule has 0 aromatic rings. The fourth-order valence-electron chi connectivity index (χ4n) is 3.41. The lowest BCUT2D eigenvalue weighted by Crippen LogP contribution is -2.46. The summed E-state index contributed by atoms with van der Waals surface area (Å²) in [6, 6.07) is 1.68. The molecule has 2 rings (SSSR count). The minimum atomic E-state index is 0.812. The van der Waals surface area contributed by atoms with Gasteiger partial charge in [-0.2, -0.15) is 11.8 Å². The van der Waals surface area contributed by atoms with Crippen molar-refractivity contribution in [2.24, 2.45) is 0 Å². The smallest absolute Gasteiger partial charge is 0.0223 e. The summed E-state index contributed by atoms with van der Waals surface area (Å²) in [6.07, 6.45) is 9.25. The molecule has 2 atom stereocenters. The van der Waals surface area contributed by atoms with Crippen molar-refractivity contribution in [3.63, 3.8) is 0 Å². The summed E-state index contributed by atoms with van der Waals surface area (Å²) in [6.45, 7) is 7.71. The molecular weight excluding hydrogens is 228 g/mol. The molecule has 0 amide bonds. The van der Waals surface area contributed by atoms with Crippen molar-refractivity contribution < 1.29 is 0 Å². The van der Waals surface area contributed by atoms with E-state index in [0.717, 1.165) is 12.1 Å². The predicted molar refractivity (Wildman–Crippen MR) is 77.9 cm³/mol. The lowest BCUT2D eigenvalue weighted by molar-refractivity contribution is 0.123. The van der Waals surface area contributed by atoms with Crippen LogP contribution >= 0.6 is 11.8 Å². The first-order valence-electron chi connectivity index (χ1n) is 7.32. The van der Waals surface area contributed by atoms with Gasteiger partial charge < -0.3 is 0 Å². The molecule has 2 nitrogen and oxygen atoms in total. The molecule has 0 saturated carbocycles. The van der Waals surface area contributed by atoms with Crippen molar-refractivity contribution in [2.75, 3.05) is 38.2 Å². The van der Waals surface area contributed by atoms with Gasteiger partial charge in [-0.25, -0.2) is 0 Å². The lowest BCUT2D eigenvalue weighted by Gasteiger charge is -2.37. The average molecular weight is 256 g/mol. The van der Waals surface area contributed by atoms with Crippen molar-refractivity contribution in [3.05, 3.63) is 0 Å². The normalized spacial score (nSPS) is 29.6. The minimum Gasteiger partial charge on any atom is -0.299 e. The molecule has 0 bridgehead atoms. The van der Waals surface area contributed by atoms with Gasteiger partial charge in [0.2, 0.25) is 0 Å². The Labute approximate surface area is 111 Å². The van der Waals surface area contributed by atoms with Crippen LogP contribution in [-0.2, 0) is 0 Å². The van der Waals surface area contributed by atoms with Crippen LogP contribution in [0.5, 0.6) is 0 Å². The zero-order valence-electron chi connectivity index (χ0n) is 11.5. The van der Waals surface area contributed by atoms with Crippen LogP contribution in [0.4, 0.5) is 0 Å². The first-order chi connectivity index (χ1) is 8.35. The maximum absolute atomic E-state index is 2.78. The molecule has 0 radical (unpaired) electrons. The van der Waals surface area contributed by atoms with Gasteiger partial charge in [0.15, 0.2) is 0 Å². The number of piperidine rings is 1. The molecule has 2 heterocycles. The van der Waals surface area contributed by atoms with E-state index in [1.165, 1.54) is 64.0 Å². The van der Waals surface area contributed by atoms with Gasteiger partial charge in [0.1, 0.15) is 0 Å². The molecular formula is C14H28N2S. The van der Waals surface area contributed by atoms with Crippen LogP contribution in [0.25, 0.3) is 0 Å². The monoisotopic (exact) mass is 256 g/mol. The molecule has 2 aliphatic rings. The molecule has 0 N–H and O–H groups in total. The molecule has 0 spiro atoms. The maximum Gasteiger partial charge on any atom is 0.0223 e. The fourth-order valence-corrected chi connectivity index (χ4v) is 4.24. The summed E-state index contributed by atoms with van der Waals surface area (Å²) in [4.78, 5) is 5.54. The molecule has 0 aliphatic carbocycles. The zero-order valence-corrected chi connectivity index (χ0v) is 12.3. The van der Waals surface area contributed by atoms with Crippen LogP contribution in [0.1, 0.15) is 39.0 Å². The highest BCUT2D eigenvalue weighted by atomic mass is 32.2. The van der Waals surface area contributed by atoms with E-state index in [-0.39, 0.29) is 0 Å². The molecule has 2 saturated heterocycles. The van der Waals surface area contributed by atoms with Crippen LogP contribution in [0.15, 0.2) is 0 Å². The van der Waals surface area contributed by atoms with Gasteiger partial charge in [-0.15, -0.1) is 0 Å². The zero-order chi connectivity index (χ0) is 12.1. The van der Waals surface area contributed by atoms with E-state index in [1.54, 1.807) is 0 Å². The minimum absolute atomic E-state index is 0.812. The summed E-state index contributed by atoms with van der Waals surface area (Å²) >= 11 is 2.01. The van der Waals surface area contributed by atoms with E-state index in [1.807, 2.05) is 11.8 Å². The molecule has 17 heavy (non-hydrogen) atoms. The Kier molecular flexibility index (Phi) is 5.64. The third kappa shape index (κ3) is 3.62.